The summed E-state index contributed by atoms with van der Waals surface area (Å²) >= 11 is 0. The van der Waals surface area contributed by atoms with Gasteiger partial charge in [-0.3, -0.25) is 10.1 Å². The molecule has 2 rings (SSSR count). The van der Waals surface area contributed by atoms with Gasteiger partial charge in [-0.25, -0.2) is 4.79 Å². The molecule has 0 fully saturated rings. The molecule has 1 heterocycles. The van der Waals surface area contributed by atoms with E-state index in [2.05, 4.69) is 10.6 Å². The van der Waals surface area contributed by atoms with Crippen molar-refractivity contribution in [3.8, 4) is 0 Å². The molecule has 0 aliphatic carbocycles. The van der Waals surface area contributed by atoms with E-state index in [1.807, 2.05) is 0 Å². The summed E-state index contributed by atoms with van der Waals surface area (Å²) in [5.74, 6) is 0.337. The van der Waals surface area contributed by atoms with Gasteiger partial charge in [0.2, 0.25) is 0 Å². The lowest BCUT2D eigenvalue weighted by Crippen LogP contribution is -2.40. The first-order valence-corrected chi connectivity index (χ1v) is 6.86. The minimum Gasteiger partial charge on any atom is -0.466 e. The van der Waals surface area contributed by atoms with Gasteiger partial charge in [0.1, 0.15) is 11.4 Å². The lowest BCUT2D eigenvalue weighted by molar-refractivity contribution is -0.385. The number of hydrogen-bond donors (Lipinski definition) is 3. The molecule has 8 nitrogen and oxygen atoms in total. The molecule has 0 bridgehead atoms. The molecule has 2 amide bonds. The number of carbonyl (C=O) groups is 1. The van der Waals surface area contributed by atoms with Gasteiger partial charge in [0.05, 0.1) is 17.7 Å². The molecule has 0 radical (unpaired) electrons. The topological polar surface area (TPSA) is 118 Å². The minimum absolute atomic E-state index is 0.0169. The molecule has 1 aromatic carbocycles. The highest BCUT2D eigenvalue weighted by Gasteiger charge is 2.26. The molecule has 23 heavy (non-hydrogen) atoms. The Morgan fingerprint density at radius 2 is 2.17 bits per heavy atom. The monoisotopic (exact) mass is 319 g/mol. The van der Waals surface area contributed by atoms with Crippen LogP contribution in [0.5, 0.6) is 0 Å². The van der Waals surface area contributed by atoms with Crippen molar-refractivity contribution < 1.29 is 19.2 Å². The van der Waals surface area contributed by atoms with Crippen LogP contribution in [-0.4, -0.2) is 22.6 Å². The fourth-order valence-corrected chi connectivity index (χ4v) is 2.04. The van der Waals surface area contributed by atoms with Gasteiger partial charge in [-0.05, 0) is 38.1 Å². The van der Waals surface area contributed by atoms with Crippen LogP contribution in [0.3, 0.4) is 0 Å². The van der Waals surface area contributed by atoms with E-state index in [9.17, 15) is 20.0 Å². The number of aryl methyl sites for hydroxylation is 1. The minimum atomic E-state index is -1.34. The Hall–Kier alpha value is -2.87. The van der Waals surface area contributed by atoms with Crippen LogP contribution in [-0.2, 0) is 5.60 Å². The summed E-state index contributed by atoms with van der Waals surface area (Å²) in [7, 11) is 0. The Morgan fingerprint density at radius 3 is 2.74 bits per heavy atom. The lowest BCUT2D eigenvalue weighted by atomic mass is 10.0. The van der Waals surface area contributed by atoms with Gasteiger partial charge < -0.3 is 20.2 Å². The van der Waals surface area contributed by atoms with Crippen LogP contribution in [0.1, 0.15) is 18.2 Å². The van der Waals surface area contributed by atoms with Crippen molar-refractivity contribution in [2.45, 2.75) is 19.4 Å². The van der Waals surface area contributed by atoms with Crippen LogP contribution < -0.4 is 10.6 Å². The van der Waals surface area contributed by atoms with Gasteiger partial charge in [-0.1, -0.05) is 0 Å². The van der Waals surface area contributed by atoms with Crippen LogP contribution in [0.15, 0.2) is 41.0 Å². The Bertz CT molecular complexity index is 710. The predicted octanol–water partition coefficient (Wildman–Crippen LogP) is 2.53. The van der Waals surface area contributed by atoms with E-state index < -0.39 is 16.6 Å². The summed E-state index contributed by atoms with van der Waals surface area (Å²) in [5, 5.41) is 26.0. The molecule has 0 saturated carbocycles. The molecule has 122 valence electrons. The van der Waals surface area contributed by atoms with Crippen molar-refractivity contribution in [2.75, 3.05) is 11.9 Å². The molecule has 1 aromatic heterocycles. The first-order chi connectivity index (χ1) is 10.8. The molecule has 1 unspecified atom stereocenters. The zero-order chi connectivity index (χ0) is 17.0. The zero-order valence-corrected chi connectivity index (χ0v) is 12.7. The SMILES string of the molecule is Cc1cc(NC(=O)NCC(C)(O)c2ccco2)ccc1[N+](=O)[O-]. The number of aliphatic hydroxyl groups is 1. The van der Waals surface area contributed by atoms with Crippen molar-refractivity contribution in [1.29, 1.82) is 0 Å². The molecule has 0 spiro atoms. The number of hydrogen-bond acceptors (Lipinski definition) is 5. The molecule has 1 atom stereocenters. The Labute approximate surface area is 132 Å². The fraction of sp³-hybridized carbons (Fsp3) is 0.267. The number of furan rings is 1. The highest BCUT2D eigenvalue weighted by molar-refractivity contribution is 5.89. The van der Waals surface area contributed by atoms with Gasteiger partial charge in [0.25, 0.3) is 5.69 Å². The molecule has 0 aliphatic heterocycles. The molecule has 0 aliphatic rings. The highest BCUT2D eigenvalue weighted by atomic mass is 16.6. The Morgan fingerprint density at radius 1 is 1.43 bits per heavy atom. The summed E-state index contributed by atoms with van der Waals surface area (Å²) in [6, 6.07) is 6.98. The lowest BCUT2D eigenvalue weighted by Gasteiger charge is -2.21. The van der Waals surface area contributed by atoms with Gasteiger partial charge in [-0.2, -0.15) is 0 Å². The predicted molar refractivity (Wildman–Crippen MR) is 83.1 cm³/mol. The Balaban J connectivity index is 1.95. The van der Waals surface area contributed by atoms with Crippen molar-refractivity contribution in [2.24, 2.45) is 0 Å². The van der Waals surface area contributed by atoms with Crippen molar-refractivity contribution in [1.82, 2.24) is 5.32 Å². The van der Waals surface area contributed by atoms with Crippen LogP contribution in [0.2, 0.25) is 0 Å². The molecular weight excluding hydrogens is 302 g/mol. The molecule has 2 aromatic rings. The smallest absolute Gasteiger partial charge is 0.319 e. The maximum absolute atomic E-state index is 11.9. The van der Waals surface area contributed by atoms with E-state index in [4.69, 9.17) is 4.42 Å². The number of rotatable bonds is 5. The Kier molecular flexibility index (Phi) is 4.65. The zero-order valence-electron chi connectivity index (χ0n) is 12.7. The third kappa shape index (κ3) is 4.07. The standard InChI is InChI=1S/C15H17N3O5/c1-10-8-11(5-6-12(10)18(21)22)17-14(19)16-9-15(2,20)13-4-3-7-23-13/h3-8,20H,9H2,1-2H3,(H2,16,17,19). The second-order valence-electron chi connectivity index (χ2n) is 5.32. The van der Waals surface area contributed by atoms with E-state index in [0.717, 1.165) is 0 Å². The number of nitro groups is 1. The third-order valence-corrected chi connectivity index (χ3v) is 3.30. The molecule has 8 heteroatoms. The van der Waals surface area contributed by atoms with Crippen LogP contribution >= 0.6 is 0 Å². The van der Waals surface area contributed by atoms with Crippen LogP contribution in [0.4, 0.5) is 16.2 Å². The van der Waals surface area contributed by atoms with Crippen molar-refractivity contribution in [3.05, 3.63) is 58.0 Å². The third-order valence-electron chi connectivity index (χ3n) is 3.30. The largest absolute Gasteiger partial charge is 0.466 e. The molecular formula is C15H17N3O5. The number of benzene rings is 1. The normalized spacial score (nSPS) is 13.2. The number of nitrogens with one attached hydrogen (secondary N) is 2. The molecule has 0 saturated heterocycles. The number of carbonyl (C=O) groups excluding carboxylic acids is 1. The second kappa shape index (κ2) is 6.49. The summed E-state index contributed by atoms with van der Waals surface area (Å²) in [4.78, 5) is 22.1. The van der Waals surface area contributed by atoms with E-state index in [0.29, 0.717) is 17.0 Å². The summed E-state index contributed by atoms with van der Waals surface area (Å²) in [6.45, 7) is 3.05. The number of urea groups is 1. The molecule has 3 N–H and O–H groups in total. The highest BCUT2D eigenvalue weighted by Crippen LogP contribution is 2.22. The van der Waals surface area contributed by atoms with Gasteiger partial charge in [-0.15, -0.1) is 0 Å². The summed E-state index contributed by atoms with van der Waals surface area (Å²) in [5.41, 5.74) is -0.498. The summed E-state index contributed by atoms with van der Waals surface area (Å²) < 4.78 is 5.11. The number of amides is 2. The number of nitro benzene ring substituents is 1. The van der Waals surface area contributed by atoms with Crippen molar-refractivity contribution >= 4 is 17.4 Å². The average Bonchev–Trinajstić information content (AvgIpc) is 3.00. The number of nitrogens with zero attached hydrogens (tertiary/aromatic N) is 1. The van der Waals surface area contributed by atoms with Crippen molar-refractivity contribution in [3.63, 3.8) is 0 Å². The van der Waals surface area contributed by atoms with Gasteiger partial charge in [0, 0.05) is 17.3 Å². The fourth-order valence-electron chi connectivity index (χ4n) is 2.04. The summed E-state index contributed by atoms with van der Waals surface area (Å²) in [6.07, 6.45) is 1.43. The van der Waals surface area contributed by atoms with Gasteiger partial charge >= 0.3 is 6.03 Å². The van der Waals surface area contributed by atoms with Crippen LogP contribution in [0.25, 0.3) is 0 Å². The second-order valence-corrected chi connectivity index (χ2v) is 5.32. The van der Waals surface area contributed by atoms with E-state index in [1.54, 1.807) is 19.1 Å². The van der Waals surface area contributed by atoms with E-state index in [1.165, 1.54) is 31.4 Å². The quantitative estimate of drug-likeness (QED) is 0.578. The number of anilines is 1. The maximum atomic E-state index is 11.9. The first-order valence-electron chi connectivity index (χ1n) is 6.86. The van der Waals surface area contributed by atoms with Crippen LogP contribution in [0, 0.1) is 17.0 Å². The van der Waals surface area contributed by atoms with E-state index in [-0.39, 0.29) is 12.2 Å². The maximum Gasteiger partial charge on any atom is 0.319 e. The van der Waals surface area contributed by atoms with E-state index >= 15 is 0 Å². The average molecular weight is 319 g/mol. The first kappa shape index (κ1) is 16.5. The van der Waals surface area contributed by atoms with Gasteiger partial charge in [0.15, 0.2) is 0 Å².